The van der Waals surface area contributed by atoms with Crippen LogP contribution < -0.4 is 0 Å². The average molecular weight is 280 g/mol. The first kappa shape index (κ1) is 13.7. The molecule has 1 aliphatic heterocycles. The van der Waals surface area contributed by atoms with Gasteiger partial charge in [-0.2, -0.15) is 0 Å². The van der Waals surface area contributed by atoms with E-state index in [1.807, 2.05) is 30.3 Å². The van der Waals surface area contributed by atoms with Gasteiger partial charge < -0.3 is 0 Å². The van der Waals surface area contributed by atoms with E-state index in [1.165, 1.54) is 10.8 Å². The first-order valence-corrected chi connectivity index (χ1v) is 8.37. The molecule has 0 N–H and O–H groups in total. The molecule has 2 rings (SSSR count). The van der Waals surface area contributed by atoms with E-state index >= 15 is 0 Å². The van der Waals surface area contributed by atoms with Crippen molar-refractivity contribution in [1.82, 2.24) is 0 Å². The third-order valence-electron chi connectivity index (χ3n) is 3.15. The van der Waals surface area contributed by atoms with Gasteiger partial charge in [0.05, 0.1) is 0 Å². The van der Waals surface area contributed by atoms with Crippen molar-refractivity contribution < 1.29 is 9.59 Å². The highest BCUT2D eigenvalue weighted by Crippen LogP contribution is 2.39. The fourth-order valence-electron chi connectivity index (χ4n) is 2.04. The molecule has 1 fully saturated rings. The Hall–Kier alpha value is -0.740. The minimum absolute atomic E-state index is 0.0903. The molecule has 2 atom stereocenters. The summed E-state index contributed by atoms with van der Waals surface area (Å²) in [7, 11) is 2.91. The van der Waals surface area contributed by atoms with Gasteiger partial charge in [0.1, 0.15) is 5.78 Å². The van der Waals surface area contributed by atoms with Gasteiger partial charge in [-0.05, 0) is 22.3 Å². The van der Waals surface area contributed by atoms with Crippen molar-refractivity contribution in [1.29, 1.82) is 0 Å². The number of hydrogen-bond donors (Lipinski definition) is 0. The van der Waals surface area contributed by atoms with Crippen molar-refractivity contribution >= 4 is 32.5 Å². The fourth-order valence-corrected chi connectivity index (χ4v) is 4.67. The number of ketones is 1. The highest BCUT2D eigenvalue weighted by Gasteiger charge is 2.31. The molecule has 0 saturated carbocycles. The van der Waals surface area contributed by atoms with E-state index in [4.69, 9.17) is 0 Å². The Morgan fingerprint density at radius 2 is 2.06 bits per heavy atom. The summed E-state index contributed by atoms with van der Waals surface area (Å²) in [4.78, 5) is 23.8. The lowest BCUT2D eigenvalue weighted by Crippen LogP contribution is -2.27. The highest BCUT2D eigenvalue weighted by molar-refractivity contribution is 8.82. The van der Waals surface area contributed by atoms with Crippen molar-refractivity contribution in [3.63, 3.8) is 0 Å². The Bertz CT molecular complexity index is 431. The predicted molar refractivity (Wildman–Crippen MR) is 77.5 cm³/mol. The molecular weight excluding hydrogens is 264 g/mol. The molecule has 1 saturated heterocycles. The maximum atomic E-state index is 12.0. The second-order valence-electron chi connectivity index (χ2n) is 4.68. The molecule has 0 aromatic heterocycles. The van der Waals surface area contributed by atoms with E-state index < -0.39 is 0 Å². The Morgan fingerprint density at radius 3 is 2.72 bits per heavy atom. The van der Waals surface area contributed by atoms with Gasteiger partial charge >= 0.3 is 0 Å². The molecule has 1 heterocycles. The maximum Gasteiger partial charge on any atom is 0.203 e. The summed E-state index contributed by atoms with van der Waals surface area (Å²) in [5.41, 5.74) is 1.03. The number of carbonyl (C=O) groups is 2. The molecule has 0 spiro atoms. The first-order chi connectivity index (χ1) is 8.66. The van der Waals surface area contributed by atoms with E-state index in [0.29, 0.717) is 18.8 Å². The van der Waals surface area contributed by atoms with Gasteiger partial charge in [0.15, 0.2) is 0 Å². The molecule has 96 valence electrons. The molecule has 1 aliphatic rings. The van der Waals surface area contributed by atoms with Crippen molar-refractivity contribution in [2.45, 2.75) is 19.8 Å². The summed E-state index contributed by atoms with van der Waals surface area (Å²) in [5, 5.41) is 0.167. The molecule has 0 amide bonds. The molecular formula is C14H16O2S2. The van der Waals surface area contributed by atoms with Crippen LogP contribution in [0.25, 0.3) is 0 Å². The zero-order valence-electron chi connectivity index (χ0n) is 10.3. The van der Waals surface area contributed by atoms with Crippen LogP contribution in [0.15, 0.2) is 30.3 Å². The number of carbonyl (C=O) groups excluding carboxylic acids is 2. The van der Waals surface area contributed by atoms with Crippen LogP contribution in [0.1, 0.15) is 18.9 Å². The van der Waals surface area contributed by atoms with E-state index in [9.17, 15) is 9.59 Å². The molecule has 2 nitrogen and oxygen atoms in total. The standard InChI is InChI=1S/C14H16O2S2/c1-10-9-17-18-14(16)13(10)8-12(15)7-11-5-3-2-4-6-11/h2-6,10,13H,7-9H2,1H3. The van der Waals surface area contributed by atoms with Crippen LogP contribution in [0.3, 0.4) is 0 Å². The minimum atomic E-state index is -0.0903. The normalized spacial score (nSPS) is 23.9. The monoisotopic (exact) mass is 280 g/mol. The zero-order chi connectivity index (χ0) is 13.0. The lowest BCUT2D eigenvalue weighted by atomic mass is 9.90. The quantitative estimate of drug-likeness (QED) is 0.792. The molecule has 18 heavy (non-hydrogen) atoms. The van der Waals surface area contributed by atoms with E-state index in [1.54, 1.807) is 10.8 Å². The Balaban J connectivity index is 1.92. The molecule has 2 unspecified atom stereocenters. The highest BCUT2D eigenvalue weighted by atomic mass is 33.1. The average Bonchev–Trinajstić information content (AvgIpc) is 2.35. The van der Waals surface area contributed by atoms with Crippen LogP contribution in [-0.2, 0) is 16.0 Å². The Morgan fingerprint density at radius 1 is 1.33 bits per heavy atom. The smallest absolute Gasteiger partial charge is 0.203 e. The second-order valence-corrected chi connectivity index (χ2v) is 7.02. The number of hydrogen-bond acceptors (Lipinski definition) is 4. The van der Waals surface area contributed by atoms with Crippen molar-refractivity contribution in [2.24, 2.45) is 11.8 Å². The Kier molecular flexibility index (Phi) is 4.89. The lowest BCUT2D eigenvalue weighted by molar-refractivity contribution is -0.124. The van der Waals surface area contributed by atoms with Gasteiger partial charge in [0, 0.05) is 24.5 Å². The minimum Gasteiger partial charge on any atom is -0.299 e. The van der Waals surface area contributed by atoms with Crippen molar-refractivity contribution in [3.05, 3.63) is 35.9 Å². The van der Waals surface area contributed by atoms with Gasteiger partial charge in [-0.25, -0.2) is 0 Å². The van der Waals surface area contributed by atoms with Crippen LogP contribution >= 0.6 is 21.6 Å². The summed E-state index contributed by atoms with van der Waals surface area (Å²) in [6.45, 7) is 2.06. The summed E-state index contributed by atoms with van der Waals surface area (Å²) in [6, 6.07) is 9.71. The van der Waals surface area contributed by atoms with E-state index in [-0.39, 0.29) is 16.8 Å². The maximum absolute atomic E-state index is 12.0. The van der Waals surface area contributed by atoms with Crippen molar-refractivity contribution in [2.75, 3.05) is 5.75 Å². The predicted octanol–water partition coefficient (Wildman–Crippen LogP) is 3.36. The van der Waals surface area contributed by atoms with E-state index in [0.717, 1.165) is 11.3 Å². The molecule has 1 aromatic carbocycles. The van der Waals surface area contributed by atoms with Gasteiger partial charge in [-0.3, -0.25) is 9.59 Å². The SMILES string of the molecule is CC1CSSC(=O)C1CC(=O)Cc1ccccc1. The molecule has 1 aromatic rings. The van der Waals surface area contributed by atoms with Crippen LogP contribution in [0.2, 0.25) is 0 Å². The molecule has 0 aliphatic carbocycles. The number of benzene rings is 1. The third kappa shape index (κ3) is 3.62. The van der Waals surface area contributed by atoms with Crippen LogP contribution in [0.5, 0.6) is 0 Å². The largest absolute Gasteiger partial charge is 0.299 e. The van der Waals surface area contributed by atoms with Gasteiger partial charge in [-0.15, -0.1) is 0 Å². The molecule has 4 heteroatoms. The van der Waals surface area contributed by atoms with Crippen LogP contribution in [0.4, 0.5) is 0 Å². The number of rotatable bonds is 4. The van der Waals surface area contributed by atoms with Crippen LogP contribution in [0, 0.1) is 11.8 Å². The van der Waals surface area contributed by atoms with Crippen molar-refractivity contribution in [3.8, 4) is 0 Å². The molecule has 0 bridgehead atoms. The number of Topliss-reactive ketones (excluding diaryl/α,β-unsaturated/α-hetero) is 1. The summed E-state index contributed by atoms with van der Waals surface area (Å²) < 4.78 is 0. The Labute approximate surface area is 115 Å². The van der Waals surface area contributed by atoms with E-state index in [2.05, 4.69) is 6.92 Å². The second kappa shape index (κ2) is 6.43. The topological polar surface area (TPSA) is 34.1 Å². The van der Waals surface area contributed by atoms with Gasteiger partial charge in [-0.1, -0.05) is 48.0 Å². The first-order valence-electron chi connectivity index (χ1n) is 6.05. The summed E-state index contributed by atoms with van der Waals surface area (Å²) in [6.07, 6.45) is 0.831. The fraction of sp³-hybridized carbons (Fsp3) is 0.429. The van der Waals surface area contributed by atoms with Crippen LogP contribution in [-0.4, -0.2) is 16.7 Å². The lowest BCUT2D eigenvalue weighted by Gasteiger charge is -2.25. The van der Waals surface area contributed by atoms with Gasteiger partial charge in [0.2, 0.25) is 5.12 Å². The summed E-state index contributed by atoms with van der Waals surface area (Å²) in [5.74, 6) is 1.34. The third-order valence-corrected chi connectivity index (χ3v) is 5.65. The zero-order valence-corrected chi connectivity index (χ0v) is 11.9. The molecule has 0 radical (unpaired) electrons. The van der Waals surface area contributed by atoms with Gasteiger partial charge in [0.25, 0.3) is 0 Å². The summed E-state index contributed by atoms with van der Waals surface area (Å²) >= 11 is 0.